The predicted octanol–water partition coefficient (Wildman–Crippen LogP) is 3.02. The van der Waals surface area contributed by atoms with Gasteiger partial charge in [0, 0.05) is 26.2 Å². The van der Waals surface area contributed by atoms with Gasteiger partial charge in [-0.1, -0.05) is 36.4 Å². The summed E-state index contributed by atoms with van der Waals surface area (Å²) >= 11 is 0. The van der Waals surface area contributed by atoms with Crippen LogP contribution in [0.15, 0.2) is 48.5 Å². The molecule has 1 saturated heterocycles. The number of hydrogen-bond acceptors (Lipinski definition) is 4. The molecule has 0 spiro atoms. The van der Waals surface area contributed by atoms with Gasteiger partial charge < -0.3 is 15.2 Å². The maximum absolute atomic E-state index is 12.2. The van der Waals surface area contributed by atoms with Gasteiger partial charge in [-0.25, -0.2) is 0 Å². The minimum absolute atomic E-state index is 0.190. The standard InChI is InChI=1S/C19H21F3N2O2/c20-19(21,22)13-26-17-7-5-16(6-8-17)15-3-1-14(2-4-15)12-24-10-9-23-11-18(24)25/h1-8,18,23,25H,9-13H2. The lowest BCUT2D eigenvalue weighted by molar-refractivity contribution is -0.153. The predicted molar refractivity (Wildman–Crippen MR) is 92.7 cm³/mol. The molecule has 2 aromatic carbocycles. The topological polar surface area (TPSA) is 44.7 Å². The Morgan fingerprint density at radius 2 is 1.65 bits per heavy atom. The molecular formula is C19H21F3N2O2. The molecule has 7 heteroatoms. The number of benzene rings is 2. The number of rotatable bonds is 5. The van der Waals surface area contributed by atoms with E-state index < -0.39 is 19.0 Å². The summed E-state index contributed by atoms with van der Waals surface area (Å²) in [6, 6.07) is 14.5. The molecule has 0 aliphatic carbocycles. The highest BCUT2D eigenvalue weighted by atomic mass is 19.4. The zero-order chi connectivity index (χ0) is 18.6. The average molecular weight is 366 g/mol. The first-order valence-electron chi connectivity index (χ1n) is 8.42. The van der Waals surface area contributed by atoms with E-state index in [0.717, 1.165) is 29.8 Å². The second kappa shape index (κ2) is 8.07. The molecule has 1 aliphatic heterocycles. The van der Waals surface area contributed by atoms with Crippen LogP contribution in [0.2, 0.25) is 0 Å². The lowest BCUT2D eigenvalue weighted by atomic mass is 10.0. The molecule has 1 heterocycles. The van der Waals surface area contributed by atoms with Crippen molar-refractivity contribution in [2.45, 2.75) is 18.9 Å². The number of nitrogens with zero attached hydrogens (tertiary/aromatic N) is 1. The van der Waals surface area contributed by atoms with E-state index in [4.69, 9.17) is 4.74 Å². The van der Waals surface area contributed by atoms with E-state index in [-0.39, 0.29) is 5.75 Å². The SMILES string of the molecule is OC1CNCCN1Cc1ccc(-c2ccc(OCC(F)(F)F)cc2)cc1. The molecule has 1 atom stereocenters. The zero-order valence-electron chi connectivity index (χ0n) is 14.2. The molecule has 4 nitrogen and oxygen atoms in total. The van der Waals surface area contributed by atoms with Crippen LogP contribution >= 0.6 is 0 Å². The Morgan fingerprint density at radius 3 is 2.23 bits per heavy atom. The van der Waals surface area contributed by atoms with Crippen LogP contribution in [0.25, 0.3) is 11.1 Å². The van der Waals surface area contributed by atoms with Gasteiger partial charge in [-0.2, -0.15) is 13.2 Å². The maximum atomic E-state index is 12.2. The summed E-state index contributed by atoms with van der Waals surface area (Å²) in [7, 11) is 0. The van der Waals surface area contributed by atoms with Crippen LogP contribution in [0.1, 0.15) is 5.56 Å². The van der Waals surface area contributed by atoms with Crippen molar-refractivity contribution >= 4 is 0 Å². The highest BCUT2D eigenvalue weighted by molar-refractivity contribution is 5.64. The van der Waals surface area contributed by atoms with E-state index in [2.05, 4.69) is 5.32 Å². The quantitative estimate of drug-likeness (QED) is 0.854. The average Bonchev–Trinajstić information content (AvgIpc) is 2.62. The molecule has 2 N–H and O–H groups in total. The normalized spacial score (nSPS) is 18.7. The van der Waals surface area contributed by atoms with Crippen molar-refractivity contribution in [1.82, 2.24) is 10.2 Å². The second-order valence-corrected chi connectivity index (χ2v) is 6.28. The Labute approximate surface area is 150 Å². The smallest absolute Gasteiger partial charge is 0.422 e. The fourth-order valence-corrected chi connectivity index (χ4v) is 2.86. The number of aliphatic hydroxyl groups is 1. The minimum atomic E-state index is -4.34. The highest BCUT2D eigenvalue weighted by Crippen LogP contribution is 2.24. The summed E-state index contributed by atoms with van der Waals surface area (Å²) in [4.78, 5) is 2.01. The summed E-state index contributed by atoms with van der Waals surface area (Å²) in [6.07, 6.45) is -4.82. The molecule has 0 radical (unpaired) electrons. The first kappa shape index (κ1) is 18.7. The van der Waals surface area contributed by atoms with Gasteiger partial charge in [-0.3, -0.25) is 4.90 Å². The molecule has 1 fully saturated rings. The minimum Gasteiger partial charge on any atom is -0.484 e. The molecule has 0 amide bonds. The van der Waals surface area contributed by atoms with E-state index in [9.17, 15) is 18.3 Å². The number of aliphatic hydroxyl groups excluding tert-OH is 1. The van der Waals surface area contributed by atoms with E-state index in [1.807, 2.05) is 29.2 Å². The van der Waals surface area contributed by atoms with Crippen molar-refractivity contribution < 1.29 is 23.0 Å². The van der Waals surface area contributed by atoms with Gasteiger partial charge in [0.25, 0.3) is 0 Å². The lowest BCUT2D eigenvalue weighted by Gasteiger charge is -2.32. The fourth-order valence-electron chi connectivity index (χ4n) is 2.86. The first-order chi connectivity index (χ1) is 12.4. The molecule has 3 rings (SSSR count). The van der Waals surface area contributed by atoms with Crippen LogP contribution in [0.4, 0.5) is 13.2 Å². The van der Waals surface area contributed by atoms with E-state index in [1.54, 1.807) is 12.1 Å². The second-order valence-electron chi connectivity index (χ2n) is 6.28. The van der Waals surface area contributed by atoms with E-state index >= 15 is 0 Å². The molecule has 0 aromatic heterocycles. The monoisotopic (exact) mass is 366 g/mol. The van der Waals surface area contributed by atoms with Gasteiger partial charge >= 0.3 is 6.18 Å². The number of nitrogens with one attached hydrogen (secondary N) is 1. The third kappa shape index (κ3) is 5.20. The van der Waals surface area contributed by atoms with E-state index in [0.29, 0.717) is 13.1 Å². The molecule has 26 heavy (non-hydrogen) atoms. The Balaban J connectivity index is 1.61. The lowest BCUT2D eigenvalue weighted by Crippen LogP contribution is -2.50. The Kier molecular flexibility index (Phi) is 5.80. The summed E-state index contributed by atoms with van der Waals surface area (Å²) in [5, 5.41) is 13.1. The molecule has 2 aromatic rings. The Bertz CT molecular complexity index is 702. The molecule has 1 aliphatic rings. The van der Waals surface area contributed by atoms with Gasteiger partial charge in [0.05, 0.1) is 0 Å². The van der Waals surface area contributed by atoms with Crippen LogP contribution < -0.4 is 10.1 Å². The van der Waals surface area contributed by atoms with Crippen LogP contribution in [0.5, 0.6) is 5.75 Å². The van der Waals surface area contributed by atoms with Crippen molar-refractivity contribution in [2.24, 2.45) is 0 Å². The Morgan fingerprint density at radius 1 is 1.04 bits per heavy atom. The van der Waals surface area contributed by atoms with Crippen molar-refractivity contribution in [3.05, 3.63) is 54.1 Å². The van der Waals surface area contributed by atoms with Crippen LogP contribution in [-0.2, 0) is 6.54 Å². The van der Waals surface area contributed by atoms with Gasteiger partial charge in [0.1, 0.15) is 12.0 Å². The zero-order valence-corrected chi connectivity index (χ0v) is 14.2. The summed E-state index contributed by atoms with van der Waals surface area (Å²) < 4.78 is 41.2. The van der Waals surface area contributed by atoms with Gasteiger partial charge in [0.2, 0.25) is 0 Å². The number of β-amino-alcohol motifs (C(OH)–C–C–N with tert-alkyl or cyclic N) is 1. The van der Waals surface area contributed by atoms with Crippen molar-refractivity contribution in [1.29, 1.82) is 0 Å². The van der Waals surface area contributed by atoms with Crippen LogP contribution in [0.3, 0.4) is 0 Å². The van der Waals surface area contributed by atoms with Gasteiger partial charge in [-0.05, 0) is 28.8 Å². The van der Waals surface area contributed by atoms with Crippen molar-refractivity contribution in [3.63, 3.8) is 0 Å². The number of ether oxygens (including phenoxy) is 1. The summed E-state index contributed by atoms with van der Waals surface area (Å²) in [6.45, 7) is 1.60. The highest BCUT2D eigenvalue weighted by Gasteiger charge is 2.28. The molecule has 0 saturated carbocycles. The molecular weight excluding hydrogens is 345 g/mol. The fraction of sp³-hybridized carbons (Fsp3) is 0.368. The van der Waals surface area contributed by atoms with Crippen molar-refractivity contribution in [2.75, 3.05) is 26.2 Å². The largest absolute Gasteiger partial charge is 0.484 e. The third-order valence-corrected chi connectivity index (χ3v) is 4.25. The van der Waals surface area contributed by atoms with Crippen LogP contribution in [0, 0.1) is 0 Å². The maximum Gasteiger partial charge on any atom is 0.422 e. The number of alkyl halides is 3. The van der Waals surface area contributed by atoms with E-state index in [1.165, 1.54) is 12.1 Å². The van der Waals surface area contributed by atoms with Gasteiger partial charge in [0.15, 0.2) is 6.61 Å². The third-order valence-electron chi connectivity index (χ3n) is 4.25. The number of piperazine rings is 1. The number of hydrogen-bond donors (Lipinski definition) is 2. The molecule has 0 bridgehead atoms. The van der Waals surface area contributed by atoms with Gasteiger partial charge in [-0.15, -0.1) is 0 Å². The van der Waals surface area contributed by atoms with Crippen LogP contribution in [-0.4, -0.2) is 48.7 Å². The first-order valence-corrected chi connectivity index (χ1v) is 8.42. The summed E-state index contributed by atoms with van der Waals surface area (Å²) in [5.41, 5.74) is 2.97. The molecule has 140 valence electrons. The Hall–Kier alpha value is -2.09. The molecule has 1 unspecified atom stereocenters. The summed E-state index contributed by atoms with van der Waals surface area (Å²) in [5.74, 6) is 0.190. The number of halogens is 3. The van der Waals surface area contributed by atoms with Crippen molar-refractivity contribution in [3.8, 4) is 16.9 Å².